The van der Waals surface area contributed by atoms with Gasteiger partial charge in [-0.15, -0.1) is 0 Å². The van der Waals surface area contributed by atoms with Gasteiger partial charge in [-0.2, -0.15) is 0 Å². The maximum atomic E-state index is 10.6. The molecule has 0 bridgehead atoms. The number of aliphatic carboxylic acids is 1. The molecule has 58 valence electrons. The molecule has 0 amide bonds. The molecule has 5 nitrogen and oxygen atoms in total. The molecule has 2 N–H and O–H groups in total. The Kier molecular flexibility index (Phi) is 1.65. The van der Waals surface area contributed by atoms with E-state index >= 15 is 0 Å². The van der Waals surface area contributed by atoms with E-state index in [4.69, 9.17) is 5.11 Å². The van der Waals surface area contributed by atoms with Gasteiger partial charge in [0.2, 0.25) is 10.0 Å². The van der Waals surface area contributed by atoms with Crippen molar-refractivity contribution < 1.29 is 18.3 Å². The van der Waals surface area contributed by atoms with Crippen LogP contribution in [0.2, 0.25) is 0 Å². The first-order valence-electron chi connectivity index (χ1n) is 2.74. The molecule has 1 saturated heterocycles. The molecule has 0 unspecified atom stereocenters. The number of sulfonamides is 1. The standard InChI is InChI=1S/C4H7NO4S/c6-4(7)3-1-2-10(8,9)5-3/h3,5H,1-2H2,(H,6,7)/t3-/m0/s1. The molecule has 1 aliphatic rings. The van der Waals surface area contributed by atoms with Crippen LogP contribution in [0.25, 0.3) is 0 Å². The van der Waals surface area contributed by atoms with Gasteiger partial charge in [-0.05, 0) is 6.42 Å². The third-order valence-corrected chi connectivity index (χ3v) is 2.71. The Morgan fingerprint density at radius 2 is 2.20 bits per heavy atom. The predicted octanol–water partition coefficient (Wildman–Crippen LogP) is -1.24. The van der Waals surface area contributed by atoms with Gasteiger partial charge >= 0.3 is 5.97 Å². The van der Waals surface area contributed by atoms with Crippen LogP contribution in [0.5, 0.6) is 0 Å². The number of carboxylic acid groups (broad SMARTS) is 1. The van der Waals surface area contributed by atoms with Gasteiger partial charge in [0.05, 0.1) is 5.75 Å². The zero-order valence-electron chi connectivity index (χ0n) is 5.07. The van der Waals surface area contributed by atoms with Crippen LogP contribution in [0.3, 0.4) is 0 Å². The van der Waals surface area contributed by atoms with Crippen molar-refractivity contribution >= 4 is 16.0 Å². The van der Waals surface area contributed by atoms with E-state index < -0.39 is 22.0 Å². The van der Waals surface area contributed by atoms with Gasteiger partial charge in [-0.25, -0.2) is 13.1 Å². The Morgan fingerprint density at radius 1 is 1.60 bits per heavy atom. The van der Waals surface area contributed by atoms with Crippen molar-refractivity contribution in [3.8, 4) is 0 Å². The summed E-state index contributed by atoms with van der Waals surface area (Å²) in [5, 5.41) is 8.32. The highest BCUT2D eigenvalue weighted by molar-refractivity contribution is 7.89. The molecule has 0 aromatic carbocycles. The Morgan fingerprint density at radius 3 is 2.40 bits per heavy atom. The van der Waals surface area contributed by atoms with E-state index in [0.717, 1.165) is 0 Å². The number of carboxylic acids is 1. The highest BCUT2D eigenvalue weighted by Crippen LogP contribution is 2.06. The zero-order valence-corrected chi connectivity index (χ0v) is 5.89. The lowest BCUT2D eigenvalue weighted by Crippen LogP contribution is -2.32. The van der Waals surface area contributed by atoms with E-state index in [1.54, 1.807) is 0 Å². The van der Waals surface area contributed by atoms with Crippen molar-refractivity contribution in [1.29, 1.82) is 0 Å². The van der Waals surface area contributed by atoms with E-state index in [2.05, 4.69) is 0 Å². The Balaban J connectivity index is 2.69. The molecule has 0 radical (unpaired) electrons. The number of hydrogen-bond donors (Lipinski definition) is 2. The van der Waals surface area contributed by atoms with Crippen LogP contribution in [0.1, 0.15) is 6.42 Å². The van der Waals surface area contributed by atoms with Crippen molar-refractivity contribution in [1.82, 2.24) is 4.72 Å². The molecule has 1 fully saturated rings. The molecule has 0 saturated carbocycles. The maximum absolute atomic E-state index is 10.6. The van der Waals surface area contributed by atoms with Gasteiger partial charge in [-0.1, -0.05) is 0 Å². The molecule has 6 heteroatoms. The first-order chi connectivity index (χ1) is 4.51. The van der Waals surface area contributed by atoms with Crippen LogP contribution in [-0.4, -0.2) is 31.3 Å². The van der Waals surface area contributed by atoms with Crippen molar-refractivity contribution in [2.24, 2.45) is 0 Å². The second-order valence-electron chi connectivity index (χ2n) is 2.12. The number of carbonyl (C=O) groups is 1. The molecule has 0 spiro atoms. The fourth-order valence-corrected chi connectivity index (χ4v) is 2.10. The van der Waals surface area contributed by atoms with Crippen LogP contribution in [0.4, 0.5) is 0 Å². The van der Waals surface area contributed by atoms with Gasteiger partial charge in [0.15, 0.2) is 0 Å². The molecule has 1 atom stereocenters. The lowest BCUT2D eigenvalue weighted by atomic mass is 10.2. The fourth-order valence-electron chi connectivity index (χ4n) is 0.781. The minimum Gasteiger partial charge on any atom is -0.480 e. The lowest BCUT2D eigenvalue weighted by Gasteiger charge is -1.98. The van der Waals surface area contributed by atoms with Crippen LogP contribution in [0, 0.1) is 0 Å². The SMILES string of the molecule is O=C(O)[C@@H]1CCS(=O)(=O)N1. The molecule has 1 rings (SSSR count). The molecule has 10 heavy (non-hydrogen) atoms. The van der Waals surface area contributed by atoms with Crippen molar-refractivity contribution in [3.05, 3.63) is 0 Å². The molecule has 0 aliphatic carbocycles. The number of nitrogens with one attached hydrogen (secondary N) is 1. The molecule has 0 aromatic rings. The Labute approximate surface area is 58.1 Å². The van der Waals surface area contributed by atoms with Gasteiger partial charge < -0.3 is 5.11 Å². The third kappa shape index (κ3) is 1.45. The van der Waals surface area contributed by atoms with E-state index in [0.29, 0.717) is 0 Å². The van der Waals surface area contributed by atoms with Gasteiger partial charge in [0.1, 0.15) is 6.04 Å². The van der Waals surface area contributed by atoms with E-state index in [1.807, 2.05) is 4.72 Å². The second kappa shape index (κ2) is 2.21. The van der Waals surface area contributed by atoms with E-state index in [9.17, 15) is 13.2 Å². The van der Waals surface area contributed by atoms with Crippen LogP contribution in [0.15, 0.2) is 0 Å². The van der Waals surface area contributed by atoms with E-state index in [-0.39, 0.29) is 12.2 Å². The normalized spacial score (nSPS) is 30.2. The van der Waals surface area contributed by atoms with Gasteiger partial charge in [-0.3, -0.25) is 4.79 Å². The largest absolute Gasteiger partial charge is 0.480 e. The summed E-state index contributed by atoms with van der Waals surface area (Å²) in [5.74, 6) is -1.19. The summed E-state index contributed by atoms with van der Waals surface area (Å²) in [4.78, 5) is 10.2. The summed E-state index contributed by atoms with van der Waals surface area (Å²) >= 11 is 0. The molecule has 1 heterocycles. The van der Waals surface area contributed by atoms with Crippen molar-refractivity contribution in [2.75, 3.05) is 5.75 Å². The van der Waals surface area contributed by atoms with Crippen molar-refractivity contribution in [2.45, 2.75) is 12.5 Å². The average molecular weight is 165 g/mol. The van der Waals surface area contributed by atoms with Crippen LogP contribution < -0.4 is 4.72 Å². The Bertz CT molecular complexity index is 244. The minimum atomic E-state index is -3.27. The first-order valence-corrected chi connectivity index (χ1v) is 4.39. The smallest absolute Gasteiger partial charge is 0.321 e. The lowest BCUT2D eigenvalue weighted by molar-refractivity contribution is -0.138. The second-order valence-corrected chi connectivity index (χ2v) is 3.99. The zero-order chi connectivity index (χ0) is 7.78. The molecule has 1 aliphatic heterocycles. The van der Waals surface area contributed by atoms with Crippen LogP contribution >= 0.6 is 0 Å². The number of rotatable bonds is 1. The third-order valence-electron chi connectivity index (χ3n) is 1.30. The van der Waals surface area contributed by atoms with Crippen LogP contribution in [-0.2, 0) is 14.8 Å². The minimum absolute atomic E-state index is 0.0794. The summed E-state index contributed by atoms with van der Waals surface area (Å²) in [6.07, 6.45) is 0.164. The summed E-state index contributed by atoms with van der Waals surface area (Å²) in [6, 6.07) is -0.912. The highest BCUT2D eigenvalue weighted by atomic mass is 32.2. The summed E-state index contributed by atoms with van der Waals surface area (Å²) in [6.45, 7) is 0. The quantitative estimate of drug-likeness (QED) is 0.509. The Hall–Kier alpha value is -0.620. The number of hydrogen-bond acceptors (Lipinski definition) is 3. The topological polar surface area (TPSA) is 83.5 Å². The molecular weight excluding hydrogens is 158 g/mol. The van der Waals surface area contributed by atoms with Gasteiger partial charge in [0.25, 0.3) is 0 Å². The summed E-state index contributed by atoms with van der Waals surface area (Å²) < 4.78 is 23.1. The predicted molar refractivity (Wildman–Crippen MR) is 33.0 cm³/mol. The van der Waals surface area contributed by atoms with Gasteiger partial charge in [0, 0.05) is 0 Å². The average Bonchev–Trinajstić information content (AvgIpc) is 2.10. The molecule has 0 aromatic heterocycles. The maximum Gasteiger partial charge on any atom is 0.321 e. The van der Waals surface area contributed by atoms with Crippen molar-refractivity contribution in [3.63, 3.8) is 0 Å². The monoisotopic (exact) mass is 165 g/mol. The summed E-state index contributed by atoms with van der Waals surface area (Å²) in [5.41, 5.74) is 0. The first kappa shape index (κ1) is 7.49. The van der Waals surface area contributed by atoms with E-state index in [1.165, 1.54) is 0 Å². The highest BCUT2D eigenvalue weighted by Gasteiger charge is 2.31. The molecular formula is C4H7NO4S. The fraction of sp³-hybridized carbons (Fsp3) is 0.750. The summed E-state index contributed by atoms with van der Waals surface area (Å²) in [7, 11) is -3.27.